The number of nitrogen functional groups attached to an aromatic ring is 1. The summed E-state index contributed by atoms with van der Waals surface area (Å²) in [6.45, 7) is 7.95. The first kappa shape index (κ1) is 16.4. The third-order valence-corrected chi connectivity index (χ3v) is 3.31. The molecule has 116 valence electrons. The van der Waals surface area contributed by atoms with Crippen LogP contribution in [0.2, 0.25) is 0 Å². The van der Waals surface area contributed by atoms with Gasteiger partial charge in [0.25, 0.3) is 0 Å². The largest absolute Gasteiger partial charge is 0.487 e. The molecule has 0 bridgehead atoms. The van der Waals surface area contributed by atoms with Crippen LogP contribution in [0, 0.1) is 0 Å². The van der Waals surface area contributed by atoms with Gasteiger partial charge in [-0.25, -0.2) is 0 Å². The van der Waals surface area contributed by atoms with E-state index in [4.69, 9.17) is 10.5 Å². The third kappa shape index (κ3) is 5.04. The highest BCUT2D eigenvalue weighted by Crippen LogP contribution is 2.21. The number of rotatable bonds is 7. The number of benzene rings is 2. The van der Waals surface area contributed by atoms with E-state index in [1.807, 2.05) is 54.6 Å². The molecular formula is C21H21NO. The van der Waals surface area contributed by atoms with Crippen LogP contribution in [0.1, 0.15) is 11.1 Å². The van der Waals surface area contributed by atoms with Crippen LogP contribution in [0.3, 0.4) is 0 Å². The minimum Gasteiger partial charge on any atom is -0.487 e. The van der Waals surface area contributed by atoms with Gasteiger partial charge in [0.1, 0.15) is 12.4 Å². The normalized spacial score (nSPS) is 11.4. The molecule has 23 heavy (non-hydrogen) atoms. The lowest BCUT2D eigenvalue weighted by atomic mass is 10.1. The van der Waals surface area contributed by atoms with Gasteiger partial charge in [-0.1, -0.05) is 79.9 Å². The van der Waals surface area contributed by atoms with Gasteiger partial charge >= 0.3 is 0 Å². The fraction of sp³-hybridized carbons (Fsp3) is 0.0476. The first-order chi connectivity index (χ1) is 11.2. The van der Waals surface area contributed by atoms with E-state index in [-0.39, 0.29) is 0 Å². The van der Waals surface area contributed by atoms with Crippen molar-refractivity contribution in [3.63, 3.8) is 0 Å². The Morgan fingerprint density at radius 2 is 1.78 bits per heavy atom. The molecule has 0 amide bonds. The average Bonchev–Trinajstić information content (AvgIpc) is 2.59. The predicted molar refractivity (Wildman–Crippen MR) is 99.1 cm³/mol. The predicted octanol–water partition coefficient (Wildman–Crippen LogP) is 5.16. The van der Waals surface area contributed by atoms with Crippen LogP contribution in [0.4, 0.5) is 5.69 Å². The molecule has 0 spiro atoms. The van der Waals surface area contributed by atoms with Crippen LogP contribution in [-0.4, -0.2) is 0 Å². The second-order valence-corrected chi connectivity index (χ2v) is 5.01. The van der Waals surface area contributed by atoms with E-state index in [0.717, 1.165) is 16.7 Å². The molecule has 0 heterocycles. The van der Waals surface area contributed by atoms with Crippen molar-refractivity contribution < 1.29 is 4.74 Å². The monoisotopic (exact) mass is 303 g/mol. The van der Waals surface area contributed by atoms with Gasteiger partial charge in [-0.15, -0.1) is 0 Å². The van der Waals surface area contributed by atoms with E-state index in [1.54, 1.807) is 12.2 Å². The first-order valence-corrected chi connectivity index (χ1v) is 7.42. The number of hydrogen-bond donors (Lipinski definition) is 1. The van der Waals surface area contributed by atoms with Crippen LogP contribution in [-0.2, 0) is 6.61 Å². The summed E-state index contributed by atoms with van der Waals surface area (Å²) in [7, 11) is 0. The molecular weight excluding hydrogens is 282 g/mol. The molecule has 0 saturated carbocycles. The second-order valence-electron chi connectivity index (χ2n) is 5.01. The van der Waals surface area contributed by atoms with Crippen molar-refractivity contribution in [2.24, 2.45) is 0 Å². The number of para-hydroxylation sites is 2. The van der Waals surface area contributed by atoms with Crippen molar-refractivity contribution in [1.29, 1.82) is 0 Å². The fourth-order valence-electron chi connectivity index (χ4n) is 2.02. The zero-order chi connectivity index (χ0) is 16.5. The summed E-state index contributed by atoms with van der Waals surface area (Å²) in [5.41, 5.74) is 9.74. The number of ether oxygens (including phenoxy) is 1. The van der Waals surface area contributed by atoms with Crippen LogP contribution in [0.25, 0.3) is 6.08 Å². The molecule has 2 heteroatoms. The van der Waals surface area contributed by atoms with Crippen LogP contribution < -0.4 is 10.5 Å². The maximum absolute atomic E-state index is 5.86. The highest BCUT2D eigenvalue weighted by molar-refractivity contribution is 5.55. The molecule has 0 fully saturated rings. The Morgan fingerprint density at radius 3 is 2.43 bits per heavy atom. The van der Waals surface area contributed by atoms with Gasteiger partial charge in [0.15, 0.2) is 0 Å². The van der Waals surface area contributed by atoms with E-state index in [2.05, 4.69) is 25.3 Å². The van der Waals surface area contributed by atoms with Gasteiger partial charge in [-0.05, 0) is 28.8 Å². The third-order valence-electron chi connectivity index (χ3n) is 3.31. The smallest absolute Gasteiger partial charge is 0.142 e. The molecule has 0 aromatic heterocycles. The Bertz CT molecular complexity index is 724. The molecule has 0 aliphatic heterocycles. The number of allylic oxidation sites excluding steroid dienone is 5. The fourth-order valence-corrected chi connectivity index (χ4v) is 2.02. The summed E-state index contributed by atoms with van der Waals surface area (Å²) >= 11 is 0. The molecule has 0 unspecified atom stereocenters. The van der Waals surface area contributed by atoms with E-state index in [1.165, 1.54) is 0 Å². The first-order valence-electron chi connectivity index (χ1n) is 7.42. The SMILES string of the molecule is C=C/C=C(\C=C)C=Cc1ccc(COc2ccccc2N)cc1. The van der Waals surface area contributed by atoms with Gasteiger partial charge in [0.05, 0.1) is 5.69 Å². The molecule has 0 radical (unpaired) electrons. The van der Waals surface area contributed by atoms with Crippen molar-refractivity contribution in [3.8, 4) is 5.75 Å². The Morgan fingerprint density at radius 1 is 1.04 bits per heavy atom. The second kappa shape index (κ2) is 8.44. The molecule has 2 aromatic carbocycles. The summed E-state index contributed by atoms with van der Waals surface area (Å²) < 4.78 is 5.73. The Kier molecular flexibility index (Phi) is 6.01. The van der Waals surface area contributed by atoms with Gasteiger partial charge in [0.2, 0.25) is 0 Å². The zero-order valence-corrected chi connectivity index (χ0v) is 13.1. The molecule has 2 nitrogen and oxygen atoms in total. The quantitative estimate of drug-likeness (QED) is 0.566. The van der Waals surface area contributed by atoms with Crippen molar-refractivity contribution in [3.05, 3.63) is 103 Å². The van der Waals surface area contributed by atoms with Gasteiger partial charge in [-0.3, -0.25) is 0 Å². The van der Waals surface area contributed by atoms with E-state index in [9.17, 15) is 0 Å². The van der Waals surface area contributed by atoms with Crippen molar-refractivity contribution in [2.45, 2.75) is 6.61 Å². The maximum atomic E-state index is 5.86. The number of hydrogen-bond acceptors (Lipinski definition) is 2. The zero-order valence-electron chi connectivity index (χ0n) is 13.1. The number of anilines is 1. The van der Waals surface area contributed by atoms with E-state index in [0.29, 0.717) is 18.0 Å². The van der Waals surface area contributed by atoms with Crippen LogP contribution in [0.5, 0.6) is 5.75 Å². The summed E-state index contributed by atoms with van der Waals surface area (Å²) in [6.07, 6.45) is 9.50. The van der Waals surface area contributed by atoms with E-state index >= 15 is 0 Å². The molecule has 2 N–H and O–H groups in total. The lowest BCUT2D eigenvalue weighted by molar-refractivity contribution is 0.308. The van der Waals surface area contributed by atoms with Crippen molar-refractivity contribution in [2.75, 3.05) is 5.73 Å². The Hall–Kier alpha value is -3.00. The molecule has 0 saturated heterocycles. The minimum absolute atomic E-state index is 0.493. The van der Waals surface area contributed by atoms with Crippen LogP contribution in [0.15, 0.2) is 91.6 Å². The summed E-state index contributed by atoms with van der Waals surface area (Å²) in [5.74, 6) is 0.710. The molecule has 0 aliphatic carbocycles. The van der Waals surface area contributed by atoms with Gasteiger partial charge < -0.3 is 10.5 Å². The summed E-state index contributed by atoms with van der Waals surface area (Å²) in [6, 6.07) is 15.7. The standard InChI is InChI=1S/C21H21NO/c1-3-7-17(4-2)10-11-18-12-14-19(15-13-18)16-23-21-9-6-5-8-20(21)22/h3-15H,1-2,16,22H2/b11-10?,17-7+. The molecule has 2 aromatic rings. The summed E-state index contributed by atoms with van der Waals surface area (Å²) in [4.78, 5) is 0. The maximum Gasteiger partial charge on any atom is 0.142 e. The van der Waals surface area contributed by atoms with Crippen molar-refractivity contribution in [1.82, 2.24) is 0 Å². The Labute approximate surface area is 137 Å². The van der Waals surface area contributed by atoms with Gasteiger partial charge in [-0.2, -0.15) is 0 Å². The summed E-state index contributed by atoms with van der Waals surface area (Å²) in [5, 5.41) is 0. The molecule has 2 rings (SSSR count). The molecule has 0 atom stereocenters. The number of nitrogens with two attached hydrogens (primary N) is 1. The topological polar surface area (TPSA) is 35.2 Å². The lowest BCUT2D eigenvalue weighted by Gasteiger charge is -2.08. The molecule has 0 aliphatic rings. The van der Waals surface area contributed by atoms with Gasteiger partial charge in [0, 0.05) is 0 Å². The average molecular weight is 303 g/mol. The minimum atomic E-state index is 0.493. The van der Waals surface area contributed by atoms with Crippen LogP contribution >= 0.6 is 0 Å². The highest BCUT2D eigenvalue weighted by Gasteiger charge is 1.99. The lowest BCUT2D eigenvalue weighted by Crippen LogP contribution is -1.98. The van der Waals surface area contributed by atoms with Crippen molar-refractivity contribution >= 4 is 11.8 Å². The van der Waals surface area contributed by atoms with E-state index < -0.39 is 0 Å². The highest BCUT2D eigenvalue weighted by atomic mass is 16.5. The Balaban J connectivity index is 1.98.